The maximum Gasteiger partial charge on any atom is 0.243 e. The van der Waals surface area contributed by atoms with E-state index in [0.29, 0.717) is 11.6 Å². The molecule has 1 heterocycles. The van der Waals surface area contributed by atoms with Crippen LogP contribution in [0.1, 0.15) is 44.9 Å². The van der Waals surface area contributed by atoms with Crippen LogP contribution in [0.3, 0.4) is 0 Å². The van der Waals surface area contributed by atoms with E-state index in [0.717, 1.165) is 19.4 Å². The third-order valence-electron chi connectivity index (χ3n) is 3.97. The van der Waals surface area contributed by atoms with E-state index in [2.05, 4.69) is 17.2 Å². The summed E-state index contributed by atoms with van der Waals surface area (Å²) in [5.41, 5.74) is 0.315. The zero-order valence-corrected chi connectivity index (χ0v) is 9.93. The van der Waals surface area contributed by atoms with Crippen molar-refractivity contribution in [3.8, 4) is 0 Å². The van der Waals surface area contributed by atoms with Crippen molar-refractivity contribution in [3.05, 3.63) is 12.7 Å². The number of carbonyl (C=O) groups excluding carboxylic acids is 1. The molecule has 2 fully saturated rings. The summed E-state index contributed by atoms with van der Waals surface area (Å²) in [5, 5.41) is 6.72. The van der Waals surface area contributed by atoms with Gasteiger partial charge in [0, 0.05) is 11.6 Å². The molecule has 3 heteroatoms. The van der Waals surface area contributed by atoms with Crippen molar-refractivity contribution < 1.29 is 4.79 Å². The Morgan fingerprint density at radius 3 is 2.81 bits per heavy atom. The van der Waals surface area contributed by atoms with Gasteiger partial charge in [-0.3, -0.25) is 4.79 Å². The van der Waals surface area contributed by atoms with E-state index in [4.69, 9.17) is 0 Å². The van der Waals surface area contributed by atoms with Crippen molar-refractivity contribution in [3.63, 3.8) is 0 Å². The lowest BCUT2D eigenvalue weighted by Crippen LogP contribution is -2.56. The van der Waals surface area contributed by atoms with E-state index in [-0.39, 0.29) is 5.91 Å². The molecule has 0 aromatic rings. The van der Waals surface area contributed by atoms with Crippen molar-refractivity contribution in [2.45, 2.75) is 56.5 Å². The molecule has 1 saturated heterocycles. The van der Waals surface area contributed by atoms with E-state index in [1.54, 1.807) is 0 Å². The lowest BCUT2D eigenvalue weighted by Gasteiger charge is -2.44. The maximum atomic E-state index is 11.3. The third kappa shape index (κ3) is 2.64. The summed E-state index contributed by atoms with van der Waals surface area (Å²) in [6.07, 6.45) is 10.1. The second-order valence-corrected chi connectivity index (χ2v) is 5.17. The molecule has 2 N–H and O–H groups in total. The number of hydrogen-bond acceptors (Lipinski definition) is 2. The summed E-state index contributed by atoms with van der Waals surface area (Å²) in [4.78, 5) is 11.3. The fourth-order valence-corrected chi connectivity index (χ4v) is 3.15. The Balaban J connectivity index is 1.92. The Hall–Kier alpha value is -0.830. The molecule has 0 aromatic carbocycles. The predicted molar refractivity (Wildman–Crippen MR) is 65.2 cm³/mol. The second kappa shape index (κ2) is 5.00. The van der Waals surface area contributed by atoms with Gasteiger partial charge in [0.1, 0.15) is 0 Å². The number of piperidine rings is 1. The standard InChI is InChI=1S/C13H22N2O/c1-2-12(16)15-11-6-9-14-13(10-11)7-4-3-5-8-13/h2,11,14H,1,3-10H2,(H,15,16). The van der Waals surface area contributed by atoms with Crippen molar-refractivity contribution in [1.82, 2.24) is 10.6 Å². The fourth-order valence-electron chi connectivity index (χ4n) is 3.15. The minimum atomic E-state index is -0.0298. The summed E-state index contributed by atoms with van der Waals surface area (Å²) in [6, 6.07) is 0.338. The highest BCUT2D eigenvalue weighted by atomic mass is 16.1. The Morgan fingerprint density at radius 2 is 2.12 bits per heavy atom. The zero-order valence-electron chi connectivity index (χ0n) is 9.93. The van der Waals surface area contributed by atoms with Crippen LogP contribution in [-0.4, -0.2) is 24.0 Å². The van der Waals surface area contributed by atoms with E-state index in [9.17, 15) is 4.79 Å². The number of rotatable bonds is 2. The Labute approximate surface area is 97.7 Å². The minimum absolute atomic E-state index is 0.0298. The monoisotopic (exact) mass is 222 g/mol. The van der Waals surface area contributed by atoms with Gasteiger partial charge >= 0.3 is 0 Å². The molecule has 2 rings (SSSR count). The van der Waals surface area contributed by atoms with Crippen LogP contribution in [0.4, 0.5) is 0 Å². The molecule has 1 unspecified atom stereocenters. The Kier molecular flexibility index (Phi) is 3.64. The molecule has 3 nitrogen and oxygen atoms in total. The molecule has 1 aliphatic heterocycles. The molecular formula is C13H22N2O. The van der Waals surface area contributed by atoms with Crippen LogP contribution in [0.2, 0.25) is 0 Å². The molecule has 1 saturated carbocycles. The molecule has 0 aromatic heterocycles. The first kappa shape index (κ1) is 11.6. The molecule has 1 amide bonds. The largest absolute Gasteiger partial charge is 0.350 e. The average molecular weight is 222 g/mol. The first-order valence-electron chi connectivity index (χ1n) is 6.42. The quantitative estimate of drug-likeness (QED) is 0.699. The van der Waals surface area contributed by atoms with Crippen LogP contribution in [0.5, 0.6) is 0 Å². The van der Waals surface area contributed by atoms with Crippen LogP contribution in [0.15, 0.2) is 12.7 Å². The fraction of sp³-hybridized carbons (Fsp3) is 0.769. The number of nitrogens with one attached hydrogen (secondary N) is 2. The molecule has 2 aliphatic rings. The number of amides is 1. The van der Waals surface area contributed by atoms with Gasteiger partial charge < -0.3 is 10.6 Å². The summed E-state index contributed by atoms with van der Waals surface area (Å²) in [6.45, 7) is 4.53. The van der Waals surface area contributed by atoms with Gasteiger partial charge in [-0.2, -0.15) is 0 Å². The van der Waals surface area contributed by atoms with E-state index in [1.165, 1.54) is 38.2 Å². The van der Waals surface area contributed by atoms with Gasteiger partial charge in [0.2, 0.25) is 5.91 Å². The lowest BCUT2D eigenvalue weighted by atomic mass is 9.75. The molecule has 1 spiro atoms. The highest BCUT2D eigenvalue weighted by Crippen LogP contribution is 2.34. The molecule has 0 bridgehead atoms. The van der Waals surface area contributed by atoms with Gasteiger partial charge in [0.15, 0.2) is 0 Å². The molecule has 16 heavy (non-hydrogen) atoms. The smallest absolute Gasteiger partial charge is 0.243 e. The van der Waals surface area contributed by atoms with Crippen molar-refractivity contribution >= 4 is 5.91 Å². The van der Waals surface area contributed by atoms with E-state index < -0.39 is 0 Å². The maximum absolute atomic E-state index is 11.3. The summed E-state index contributed by atoms with van der Waals surface area (Å²) >= 11 is 0. The van der Waals surface area contributed by atoms with Gasteiger partial charge in [-0.25, -0.2) is 0 Å². The van der Waals surface area contributed by atoms with E-state index >= 15 is 0 Å². The van der Waals surface area contributed by atoms with Crippen LogP contribution >= 0.6 is 0 Å². The van der Waals surface area contributed by atoms with Crippen molar-refractivity contribution in [1.29, 1.82) is 0 Å². The highest BCUT2D eigenvalue weighted by molar-refractivity contribution is 5.87. The molecule has 90 valence electrons. The third-order valence-corrected chi connectivity index (χ3v) is 3.97. The zero-order chi connectivity index (χ0) is 11.4. The highest BCUT2D eigenvalue weighted by Gasteiger charge is 2.37. The van der Waals surface area contributed by atoms with Gasteiger partial charge in [0.25, 0.3) is 0 Å². The normalized spacial score (nSPS) is 28.6. The van der Waals surface area contributed by atoms with Gasteiger partial charge in [-0.1, -0.05) is 25.8 Å². The Morgan fingerprint density at radius 1 is 1.38 bits per heavy atom. The van der Waals surface area contributed by atoms with Gasteiger partial charge in [-0.05, 0) is 38.3 Å². The number of hydrogen-bond donors (Lipinski definition) is 2. The summed E-state index contributed by atoms with van der Waals surface area (Å²) < 4.78 is 0. The average Bonchev–Trinajstić information content (AvgIpc) is 2.30. The van der Waals surface area contributed by atoms with Crippen molar-refractivity contribution in [2.75, 3.05) is 6.54 Å². The van der Waals surface area contributed by atoms with Crippen molar-refractivity contribution in [2.24, 2.45) is 0 Å². The van der Waals surface area contributed by atoms with Crippen LogP contribution in [0.25, 0.3) is 0 Å². The first-order chi connectivity index (χ1) is 7.74. The minimum Gasteiger partial charge on any atom is -0.350 e. The molecule has 0 radical (unpaired) electrons. The van der Waals surface area contributed by atoms with Crippen LogP contribution in [-0.2, 0) is 4.79 Å². The summed E-state index contributed by atoms with van der Waals surface area (Å²) in [7, 11) is 0. The van der Waals surface area contributed by atoms with Crippen LogP contribution < -0.4 is 10.6 Å². The topological polar surface area (TPSA) is 41.1 Å². The SMILES string of the molecule is C=CC(=O)NC1CCNC2(CCCCC2)C1. The summed E-state index contributed by atoms with van der Waals surface area (Å²) in [5.74, 6) is -0.0298. The van der Waals surface area contributed by atoms with Crippen LogP contribution in [0, 0.1) is 0 Å². The second-order valence-electron chi connectivity index (χ2n) is 5.17. The van der Waals surface area contributed by atoms with E-state index in [1.807, 2.05) is 0 Å². The number of carbonyl (C=O) groups is 1. The molecule has 1 aliphatic carbocycles. The van der Waals surface area contributed by atoms with Gasteiger partial charge in [0.05, 0.1) is 0 Å². The molecule has 1 atom stereocenters. The first-order valence-corrected chi connectivity index (χ1v) is 6.42. The molecular weight excluding hydrogens is 200 g/mol. The van der Waals surface area contributed by atoms with Gasteiger partial charge in [-0.15, -0.1) is 0 Å². The predicted octanol–water partition coefficient (Wildman–Crippen LogP) is 1.74. The Bertz CT molecular complexity index is 264. The lowest BCUT2D eigenvalue weighted by molar-refractivity contribution is -0.117.